The molecule has 0 aromatic heterocycles. The number of rotatable bonds is 2. The fourth-order valence-electron chi connectivity index (χ4n) is 1.50. The van der Waals surface area contributed by atoms with Crippen LogP contribution in [0.5, 0.6) is 11.5 Å². The Morgan fingerprint density at radius 2 is 2.14 bits per heavy atom. The van der Waals surface area contributed by atoms with Gasteiger partial charge in [-0.25, -0.2) is 0 Å². The molecule has 0 radical (unpaired) electrons. The van der Waals surface area contributed by atoms with Gasteiger partial charge in [0.15, 0.2) is 0 Å². The molecule has 1 aromatic rings. The first-order chi connectivity index (χ1) is 6.57. The molecule has 0 bridgehead atoms. The number of methoxy groups -OCH3 is 1. The van der Waals surface area contributed by atoms with Crippen LogP contribution in [0.4, 0.5) is 0 Å². The number of phenols is 1. The molecule has 76 valence electrons. The molecule has 1 aliphatic carbocycles. The summed E-state index contributed by atoms with van der Waals surface area (Å²) in [7, 11) is 1.56. The average Bonchev–Trinajstić information content (AvgIpc) is 2.88. The van der Waals surface area contributed by atoms with Gasteiger partial charge in [0, 0.05) is 17.2 Å². The molecular weight excluding hydrogens is 246 g/mol. The summed E-state index contributed by atoms with van der Waals surface area (Å²) in [6.45, 7) is 0. The lowest BCUT2D eigenvalue weighted by atomic mass is 10.0. The third-order valence-corrected chi connectivity index (χ3v) is 3.21. The van der Waals surface area contributed by atoms with Gasteiger partial charge < -0.3 is 15.6 Å². The summed E-state index contributed by atoms with van der Waals surface area (Å²) in [5.41, 5.74) is 6.48. The Labute approximate surface area is 91.0 Å². The van der Waals surface area contributed by atoms with E-state index < -0.39 is 0 Å². The molecule has 0 atom stereocenters. The maximum Gasteiger partial charge on any atom is 0.136 e. The number of aromatic hydroxyl groups is 1. The van der Waals surface area contributed by atoms with E-state index in [-0.39, 0.29) is 11.3 Å². The Hall–Kier alpha value is -0.740. The maximum absolute atomic E-state index is 9.74. The van der Waals surface area contributed by atoms with Gasteiger partial charge >= 0.3 is 0 Å². The van der Waals surface area contributed by atoms with Crippen molar-refractivity contribution < 1.29 is 9.84 Å². The monoisotopic (exact) mass is 257 g/mol. The van der Waals surface area contributed by atoms with Gasteiger partial charge in [0.2, 0.25) is 0 Å². The predicted octanol–water partition coefficient (Wildman–Crippen LogP) is 2.11. The molecule has 0 heterocycles. The highest BCUT2D eigenvalue weighted by Crippen LogP contribution is 2.48. The van der Waals surface area contributed by atoms with E-state index in [2.05, 4.69) is 15.9 Å². The Kier molecular flexibility index (Phi) is 2.20. The molecule has 2 rings (SSSR count). The molecule has 1 aliphatic rings. The first kappa shape index (κ1) is 9.80. The van der Waals surface area contributed by atoms with E-state index in [0.717, 1.165) is 22.9 Å². The van der Waals surface area contributed by atoms with Crippen LogP contribution in [0.1, 0.15) is 18.4 Å². The number of phenolic OH excluding ortho intramolecular Hbond substituents is 1. The van der Waals surface area contributed by atoms with Crippen LogP contribution >= 0.6 is 15.9 Å². The minimum Gasteiger partial charge on any atom is -0.507 e. The number of hydrogen-bond acceptors (Lipinski definition) is 3. The van der Waals surface area contributed by atoms with E-state index in [0.29, 0.717) is 5.75 Å². The molecular formula is C10H12BrNO2. The van der Waals surface area contributed by atoms with Crippen LogP contribution in [-0.2, 0) is 5.54 Å². The topological polar surface area (TPSA) is 55.5 Å². The summed E-state index contributed by atoms with van der Waals surface area (Å²) in [6, 6.07) is 3.42. The molecule has 1 saturated carbocycles. The minimum absolute atomic E-state index is 0.213. The lowest BCUT2D eigenvalue weighted by Gasteiger charge is -2.13. The second kappa shape index (κ2) is 3.14. The number of ether oxygens (including phenoxy) is 1. The highest BCUT2D eigenvalue weighted by Gasteiger charge is 2.42. The SMILES string of the molecule is COc1cc(O)c(C2(N)CC2)cc1Br. The molecule has 0 spiro atoms. The predicted molar refractivity (Wildman–Crippen MR) is 57.5 cm³/mol. The first-order valence-electron chi connectivity index (χ1n) is 4.43. The van der Waals surface area contributed by atoms with Gasteiger partial charge in [-0.3, -0.25) is 0 Å². The Balaban J connectivity index is 2.48. The largest absolute Gasteiger partial charge is 0.507 e. The van der Waals surface area contributed by atoms with Gasteiger partial charge in [0.05, 0.1) is 11.6 Å². The van der Waals surface area contributed by atoms with Gasteiger partial charge in [-0.15, -0.1) is 0 Å². The lowest BCUT2D eigenvalue weighted by Crippen LogP contribution is -2.18. The summed E-state index contributed by atoms with van der Waals surface area (Å²) in [5, 5.41) is 9.74. The summed E-state index contributed by atoms with van der Waals surface area (Å²) in [5.74, 6) is 0.834. The molecule has 4 heteroatoms. The van der Waals surface area contributed by atoms with Crippen LogP contribution in [0, 0.1) is 0 Å². The van der Waals surface area contributed by atoms with Crippen molar-refractivity contribution in [2.24, 2.45) is 5.73 Å². The van der Waals surface area contributed by atoms with Crippen molar-refractivity contribution in [2.75, 3.05) is 7.11 Å². The van der Waals surface area contributed by atoms with Crippen LogP contribution in [0.3, 0.4) is 0 Å². The Bertz CT molecular complexity index is 375. The highest BCUT2D eigenvalue weighted by atomic mass is 79.9. The van der Waals surface area contributed by atoms with E-state index in [1.54, 1.807) is 13.2 Å². The quantitative estimate of drug-likeness (QED) is 0.854. The Morgan fingerprint density at radius 1 is 1.50 bits per heavy atom. The van der Waals surface area contributed by atoms with E-state index in [4.69, 9.17) is 10.5 Å². The van der Waals surface area contributed by atoms with Gasteiger partial charge in [0.1, 0.15) is 11.5 Å². The molecule has 0 saturated heterocycles. The highest BCUT2D eigenvalue weighted by molar-refractivity contribution is 9.10. The third-order valence-electron chi connectivity index (χ3n) is 2.60. The van der Waals surface area contributed by atoms with Crippen LogP contribution in [0.25, 0.3) is 0 Å². The summed E-state index contributed by atoms with van der Waals surface area (Å²) >= 11 is 3.37. The van der Waals surface area contributed by atoms with Gasteiger partial charge in [-0.1, -0.05) is 0 Å². The van der Waals surface area contributed by atoms with Crippen molar-refractivity contribution in [2.45, 2.75) is 18.4 Å². The molecule has 3 nitrogen and oxygen atoms in total. The van der Waals surface area contributed by atoms with Crippen molar-refractivity contribution in [3.63, 3.8) is 0 Å². The smallest absolute Gasteiger partial charge is 0.136 e. The zero-order valence-electron chi connectivity index (χ0n) is 7.88. The zero-order valence-corrected chi connectivity index (χ0v) is 9.47. The fourth-order valence-corrected chi connectivity index (χ4v) is 2.01. The maximum atomic E-state index is 9.74. The Morgan fingerprint density at radius 3 is 2.64 bits per heavy atom. The molecule has 14 heavy (non-hydrogen) atoms. The van der Waals surface area contributed by atoms with Crippen molar-refractivity contribution in [3.05, 3.63) is 22.2 Å². The normalized spacial score (nSPS) is 17.9. The first-order valence-corrected chi connectivity index (χ1v) is 5.22. The number of hydrogen-bond donors (Lipinski definition) is 2. The van der Waals surface area contributed by atoms with E-state index in [1.165, 1.54) is 0 Å². The lowest BCUT2D eigenvalue weighted by molar-refractivity contribution is 0.402. The molecule has 0 amide bonds. The number of nitrogens with two attached hydrogens (primary N) is 1. The second-order valence-electron chi connectivity index (χ2n) is 3.66. The van der Waals surface area contributed by atoms with E-state index >= 15 is 0 Å². The van der Waals surface area contributed by atoms with E-state index in [1.807, 2.05) is 6.07 Å². The zero-order chi connectivity index (χ0) is 10.3. The summed E-state index contributed by atoms with van der Waals surface area (Å²) < 4.78 is 5.89. The summed E-state index contributed by atoms with van der Waals surface area (Å²) in [4.78, 5) is 0. The second-order valence-corrected chi connectivity index (χ2v) is 4.51. The van der Waals surface area contributed by atoms with Gasteiger partial charge in [-0.2, -0.15) is 0 Å². The molecule has 0 aliphatic heterocycles. The molecule has 0 unspecified atom stereocenters. The van der Waals surface area contributed by atoms with Gasteiger partial charge in [-0.05, 0) is 34.8 Å². The fraction of sp³-hybridized carbons (Fsp3) is 0.400. The number of halogens is 1. The standard InChI is InChI=1S/C10H12BrNO2/c1-14-9-5-8(13)6(4-7(9)11)10(12)2-3-10/h4-5,13H,2-3,12H2,1H3. The molecule has 1 aromatic carbocycles. The third kappa shape index (κ3) is 1.48. The van der Waals surface area contributed by atoms with Crippen LogP contribution in [-0.4, -0.2) is 12.2 Å². The van der Waals surface area contributed by atoms with Gasteiger partial charge in [0.25, 0.3) is 0 Å². The minimum atomic E-state index is -0.321. The average molecular weight is 258 g/mol. The molecule has 1 fully saturated rings. The van der Waals surface area contributed by atoms with Crippen molar-refractivity contribution >= 4 is 15.9 Å². The molecule has 3 N–H and O–H groups in total. The summed E-state index contributed by atoms with van der Waals surface area (Å²) in [6.07, 6.45) is 1.86. The van der Waals surface area contributed by atoms with Crippen molar-refractivity contribution in [1.29, 1.82) is 0 Å². The van der Waals surface area contributed by atoms with Crippen LogP contribution in [0.2, 0.25) is 0 Å². The van der Waals surface area contributed by atoms with Crippen LogP contribution in [0.15, 0.2) is 16.6 Å². The van der Waals surface area contributed by atoms with Crippen molar-refractivity contribution in [1.82, 2.24) is 0 Å². The number of benzene rings is 1. The van der Waals surface area contributed by atoms with Crippen molar-refractivity contribution in [3.8, 4) is 11.5 Å². The van der Waals surface area contributed by atoms with Crippen LogP contribution < -0.4 is 10.5 Å². The van der Waals surface area contributed by atoms with E-state index in [9.17, 15) is 5.11 Å².